The molecule has 1 aromatic carbocycles. The number of rotatable bonds is 6. The average molecular weight is 405 g/mol. The van der Waals surface area contributed by atoms with Crippen LogP contribution in [0.4, 0.5) is 0 Å². The summed E-state index contributed by atoms with van der Waals surface area (Å²) in [6.45, 7) is 2.95. The molecule has 2 aliphatic heterocycles. The van der Waals surface area contributed by atoms with Crippen LogP contribution in [-0.4, -0.2) is 50.0 Å². The van der Waals surface area contributed by atoms with Crippen LogP contribution in [0.5, 0.6) is 11.5 Å². The molecule has 0 radical (unpaired) electrons. The monoisotopic (exact) mass is 405 g/mol. The van der Waals surface area contributed by atoms with Crippen LogP contribution < -0.4 is 9.47 Å². The van der Waals surface area contributed by atoms with Crippen LogP contribution in [0.3, 0.4) is 0 Å². The number of sulfonamides is 1. The van der Waals surface area contributed by atoms with Crippen molar-refractivity contribution in [2.45, 2.75) is 36.9 Å². The third-order valence-corrected chi connectivity index (χ3v) is 7.01. The maximum atomic E-state index is 13.0. The summed E-state index contributed by atoms with van der Waals surface area (Å²) in [5.41, 5.74) is 1.11. The Morgan fingerprint density at radius 2 is 1.96 bits per heavy atom. The molecule has 2 aliphatic rings. The Labute approximate surface area is 164 Å². The molecule has 0 N–H and O–H groups in total. The molecule has 0 bridgehead atoms. The lowest BCUT2D eigenvalue weighted by atomic mass is 9.90. The fourth-order valence-electron chi connectivity index (χ4n) is 3.66. The van der Waals surface area contributed by atoms with Crippen LogP contribution >= 0.6 is 0 Å². The van der Waals surface area contributed by atoms with Crippen LogP contribution in [-0.2, 0) is 33.4 Å². The molecule has 0 saturated carbocycles. The van der Waals surface area contributed by atoms with Crippen molar-refractivity contribution in [2.75, 3.05) is 27.3 Å². The van der Waals surface area contributed by atoms with Gasteiger partial charge in [0.1, 0.15) is 11.4 Å². The minimum atomic E-state index is -3.67. The summed E-state index contributed by atoms with van der Waals surface area (Å²) >= 11 is 0. The molecule has 150 valence electrons. The highest BCUT2D eigenvalue weighted by molar-refractivity contribution is 7.89. The first-order chi connectivity index (χ1) is 13.4. The van der Waals surface area contributed by atoms with Crippen LogP contribution in [0.15, 0.2) is 29.3 Å². The normalized spacial score (nSPS) is 18.0. The number of nitrogens with zero attached hydrogens (tertiary/aromatic N) is 3. The van der Waals surface area contributed by atoms with E-state index in [1.807, 2.05) is 0 Å². The van der Waals surface area contributed by atoms with E-state index in [9.17, 15) is 8.42 Å². The smallest absolute Gasteiger partial charge is 0.243 e. The van der Waals surface area contributed by atoms with Crippen LogP contribution in [0.25, 0.3) is 0 Å². The van der Waals surface area contributed by atoms with Gasteiger partial charge in [-0.1, -0.05) is 6.92 Å². The fourth-order valence-corrected chi connectivity index (χ4v) is 5.21. The molecule has 2 aromatic rings. The van der Waals surface area contributed by atoms with Gasteiger partial charge in [-0.05, 0) is 18.6 Å². The molecule has 1 spiro atoms. The van der Waals surface area contributed by atoms with Crippen molar-refractivity contribution in [1.82, 2.24) is 14.3 Å². The standard InChI is InChI=1S/C19H23N3O5S/c1-4-5-18-20-9-14-15(21-18)10-27-19(14)11-22(12-19)28(23,24)13-6-7-16(25-2)17(8-13)26-3/h6-9H,4-5,10-12H2,1-3H3. The van der Waals surface area contributed by atoms with Crippen molar-refractivity contribution in [3.05, 3.63) is 41.5 Å². The lowest BCUT2D eigenvalue weighted by molar-refractivity contribution is -0.112. The number of aromatic nitrogens is 2. The summed E-state index contributed by atoms with van der Waals surface area (Å²) in [6.07, 6.45) is 3.59. The quantitative estimate of drug-likeness (QED) is 0.725. The third-order valence-electron chi connectivity index (χ3n) is 5.22. The molecule has 4 rings (SSSR count). The Morgan fingerprint density at radius 1 is 1.21 bits per heavy atom. The second kappa shape index (κ2) is 6.98. The maximum Gasteiger partial charge on any atom is 0.243 e. The van der Waals surface area contributed by atoms with E-state index >= 15 is 0 Å². The van der Waals surface area contributed by atoms with Crippen LogP contribution in [0.1, 0.15) is 30.4 Å². The Hall–Kier alpha value is -2.23. The Morgan fingerprint density at radius 3 is 2.64 bits per heavy atom. The summed E-state index contributed by atoms with van der Waals surface area (Å²) < 4.78 is 43.8. The Kier molecular flexibility index (Phi) is 4.76. The first-order valence-electron chi connectivity index (χ1n) is 9.15. The van der Waals surface area contributed by atoms with E-state index in [0.717, 1.165) is 29.9 Å². The molecule has 28 heavy (non-hydrogen) atoms. The highest BCUT2D eigenvalue weighted by Crippen LogP contribution is 2.45. The van der Waals surface area contributed by atoms with Crippen LogP contribution in [0.2, 0.25) is 0 Å². The van der Waals surface area contributed by atoms with Gasteiger partial charge in [0.25, 0.3) is 0 Å². The SMILES string of the molecule is CCCc1ncc2c(n1)COC21CN(S(=O)(=O)c2ccc(OC)c(OC)c2)C1. The van der Waals surface area contributed by atoms with Crippen molar-refractivity contribution >= 4 is 10.0 Å². The number of aryl methyl sites for hydroxylation is 1. The highest BCUT2D eigenvalue weighted by Gasteiger charge is 2.55. The summed E-state index contributed by atoms with van der Waals surface area (Å²) in [5.74, 6) is 1.66. The van der Waals surface area contributed by atoms with Crippen molar-refractivity contribution in [2.24, 2.45) is 0 Å². The number of methoxy groups -OCH3 is 2. The Bertz CT molecular complexity index is 1000. The Balaban J connectivity index is 1.56. The highest BCUT2D eigenvalue weighted by atomic mass is 32.2. The van der Waals surface area contributed by atoms with Gasteiger partial charge in [-0.3, -0.25) is 0 Å². The molecule has 1 aromatic heterocycles. The summed E-state index contributed by atoms with van der Waals surface area (Å²) in [7, 11) is -0.682. The van der Waals surface area contributed by atoms with E-state index < -0.39 is 15.6 Å². The predicted molar refractivity (Wildman–Crippen MR) is 101 cm³/mol. The number of hydrogen-bond donors (Lipinski definition) is 0. The van der Waals surface area contributed by atoms with E-state index in [0.29, 0.717) is 18.1 Å². The van der Waals surface area contributed by atoms with Gasteiger partial charge in [-0.15, -0.1) is 0 Å². The first-order valence-corrected chi connectivity index (χ1v) is 10.6. The van der Waals surface area contributed by atoms with Crippen molar-refractivity contribution in [1.29, 1.82) is 0 Å². The molecule has 0 unspecified atom stereocenters. The zero-order valence-corrected chi connectivity index (χ0v) is 17.0. The molecule has 3 heterocycles. The summed E-state index contributed by atoms with van der Waals surface area (Å²) in [4.78, 5) is 9.15. The number of benzene rings is 1. The molecule has 8 nitrogen and oxygen atoms in total. The van der Waals surface area contributed by atoms with Crippen molar-refractivity contribution < 1.29 is 22.6 Å². The van der Waals surface area contributed by atoms with Crippen LogP contribution in [0, 0.1) is 0 Å². The molecule has 0 aliphatic carbocycles. The van der Waals surface area contributed by atoms with Gasteiger partial charge in [0, 0.05) is 37.3 Å². The van der Waals surface area contributed by atoms with Gasteiger partial charge in [0.2, 0.25) is 10.0 Å². The summed E-state index contributed by atoms with van der Waals surface area (Å²) in [6, 6.07) is 4.58. The largest absolute Gasteiger partial charge is 0.493 e. The maximum absolute atomic E-state index is 13.0. The minimum Gasteiger partial charge on any atom is -0.493 e. The van der Waals surface area contributed by atoms with Gasteiger partial charge in [0.15, 0.2) is 11.5 Å². The van der Waals surface area contributed by atoms with Gasteiger partial charge in [0.05, 0.1) is 31.4 Å². The van der Waals surface area contributed by atoms with Gasteiger partial charge < -0.3 is 14.2 Å². The fraction of sp³-hybridized carbons (Fsp3) is 0.474. The molecule has 1 fully saturated rings. The lowest BCUT2D eigenvalue weighted by Gasteiger charge is -2.46. The number of hydrogen-bond acceptors (Lipinski definition) is 7. The van der Waals surface area contributed by atoms with Gasteiger partial charge in [-0.2, -0.15) is 4.31 Å². The molecular formula is C19H23N3O5S. The zero-order chi connectivity index (χ0) is 19.9. The van der Waals surface area contributed by atoms with E-state index in [2.05, 4.69) is 16.9 Å². The number of ether oxygens (including phenoxy) is 3. The van der Waals surface area contributed by atoms with E-state index in [1.165, 1.54) is 30.7 Å². The van der Waals surface area contributed by atoms with E-state index in [-0.39, 0.29) is 18.0 Å². The number of fused-ring (bicyclic) bond motifs is 2. The second-order valence-corrected chi connectivity index (χ2v) is 8.91. The first kappa shape index (κ1) is 19.1. The zero-order valence-electron chi connectivity index (χ0n) is 16.1. The predicted octanol–water partition coefficient (Wildman–Crippen LogP) is 1.88. The molecule has 0 atom stereocenters. The lowest BCUT2D eigenvalue weighted by Crippen LogP contribution is -2.61. The topological polar surface area (TPSA) is 90.9 Å². The molecule has 0 amide bonds. The molecule has 9 heteroatoms. The van der Waals surface area contributed by atoms with E-state index in [1.54, 1.807) is 12.3 Å². The summed E-state index contributed by atoms with van der Waals surface area (Å²) in [5, 5.41) is 0. The van der Waals surface area contributed by atoms with E-state index in [4.69, 9.17) is 14.2 Å². The van der Waals surface area contributed by atoms with Crippen molar-refractivity contribution in [3.8, 4) is 11.5 Å². The van der Waals surface area contributed by atoms with Gasteiger partial charge in [-0.25, -0.2) is 18.4 Å². The average Bonchev–Trinajstić information content (AvgIpc) is 3.05. The molecule has 1 saturated heterocycles. The minimum absolute atomic E-state index is 0.160. The third kappa shape index (κ3) is 2.94. The van der Waals surface area contributed by atoms with Crippen molar-refractivity contribution in [3.63, 3.8) is 0 Å². The van der Waals surface area contributed by atoms with Gasteiger partial charge >= 0.3 is 0 Å². The molecular weight excluding hydrogens is 382 g/mol. The second-order valence-electron chi connectivity index (χ2n) is 6.97.